The average Bonchev–Trinajstić information content (AvgIpc) is 2.69. The van der Waals surface area contributed by atoms with Gasteiger partial charge >= 0.3 is 0 Å². The van der Waals surface area contributed by atoms with Crippen LogP contribution in [0.5, 0.6) is 0 Å². The topological polar surface area (TPSA) is 3.24 Å². The number of fused-ring (bicyclic) bond motifs is 1. The third kappa shape index (κ3) is 2.89. The first-order valence-electron chi connectivity index (χ1n) is 12.4. The van der Waals surface area contributed by atoms with Gasteiger partial charge in [-0.2, -0.15) is 0 Å². The highest BCUT2D eigenvalue weighted by Crippen LogP contribution is 2.73. The highest BCUT2D eigenvalue weighted by atomic mass is 15.2. The van der Waals surface area contributed by atoms with Gasteiger partial charge in [0.25, 0.3) is 0 Å². The van der Waals surface area contributed by atoms with Crippen LogP contribution in [-0.4, -0.2) is 24.0 Å². The Balaban J connectivity index is 0.000000707. The molecule has 4 rings (SSSR count). The van der Waals surface area contributed by atoms with Gasteiger partial charge < -0.3 is 0 Å². The Kier molecular flexibility index (Phi) is 7.06. The third-order valence-electron chi connectivity index (χ3n) is 9.27. The van der Waals surface area contributed by atoms with Crippen LogP contribution in [0.1, 0.15) is 111 Å². The van der Waals surface area contributed by atoms with Crippen molar-refractivity contribution < 1.29 is 0 Å². The predicted octanol–water partition coefficient (Wildman–Crippen LogP) is 7.96. The quantitative estimate of drug-likeness (QED) is 0.427. The molecule has 6 atom stereocenters. The minimum Gasteiger partial charge on any atom is -0.299 e. The molecule has 0 spiro atoms. The monoisotopic (exact) mass is 399 g/mol. The summed E-state index contributed by atoms with van der Waals surface area (Å²) in [6, 6.07) is 8.39. The summed E-state index contributed by atoms with van der Waals surface area (Å²) in [4.78, 5) is 2.75. The van der Waals surface area contributed by atoms with E-state index in [-0.39, 0.29) is 5.41 Å². The van der Waals surface area contributed by atoms with E-state index in [1.807, 2.05) is 27.7 Å². The van der Waals surface area contributed by atoms with Crippen molar-refractivity contribution in [2.24, 2.45) is 16.7 Å². The van der Waals surface area contributed by atoms with E-state index in [1.54, 1.807) is 11.1 Å². The highest BCUT2D eigenvalue weighted by molar-refractivity contribution is 5.52. The van der Waals surface area contributed by atoms with E-state index in [1.165, 1.54) is 24.8 Å². The molecule has 0 amide bonds. The zero-order valence-electron chi connectivity index (χ0n) is 21.6. The first-order valence-corrected chi connectivity index (χ1v) is 12.4. The standard InChI is InChI=1S/C24H37N.2C2H6/c1-15-11-9-12-19-16(2)21-23(7)14-10-13-22(5,6)24(23,20(15)19)17(3)18(4)25(21)8;2*1-2/h9,11-12,16-18,21H,10,13-14H2,1-8H3;2*1-2H3/t16?,17?,18?,21-,23?,24+;;/m1../s1. The predicted molar refractivity (Wildman–Crippen MR) is 130 cm³/mol. The Hall–Kier alpha value is -0.820. The minimum absolute atomic E-state index is 0.280. The largest absolute Gasteiger partial charge is 0.299 e. The summed E-state index contributed by atoms with van der Waals surface area (Å²) in [5.74, 6) is 1.28. The molecule has 0 aromatic heterocycles. The lowest BCUT2D eigenvalue weighted by molar-refractivity contribution is -0.189. The molecule has 4 unspecified atom stereocenters. The zero-order valence-corrected chi connectivity index (χ0v) is 21.6. The number of likely N-dealkylation sites (N-methyl/N-ethyl adjacent to an activating group) is 1. The number of benzene rings is 1. The summed E-state index contributed by atoms with van der Waals surface area (Å²) < 4.78 is 0. The van der Waals surface area contributed by atoms with E-state index in [2.05, 4.69) is 78.6 Å². The molecule has 1 aliphatic heterocycles. The molecule has 0 N–H and O–H groups in total. The number of rotatable bonds is 0. The zero-order chi connectivity index (χ0) is 22.4. The highest BCUT2D eigenvalue weighted by Gasteiger charge is 2.72. The Morgan fingerprint density at radius 1 is 0.931 bits per heavy atom. The molecule has 2 fully saturated rings. The molecular formula is C28H49N. The van der Waals surface area contributed by atoms with E-state index >= 15 is 0 Å². The fourth-order valence-corrected chi connectivity index (χ4v) is 8.53. The van der Waals surface area contributed by atoms with Crippen LogP contribution in [0.15, 0.2) is 18.2 Å². The third-order valence-corrected chi connectivity index (χ3v) is 9.27. The van der Waals surface area contributed by atoms with Crippen molar-refractivity contribution in [3.8, 4) is 0 Å². The molecule has 1 heterocycles. The maximum absolute atomic E-state index is 2.75. The van der Waals surface area contributed by atoms with Crippen LogP contribution < -0.4 is 0 Å². The van der Waals surface area contributed by atoms with E-state index in [9.17, 15) is 0 Å². The molecule has 3 aliphatic rings. The Morgan fingerprint density at radius 2 is 1.52 bits per heavy atom. The second kappa shape index (κ2) is 8.37. The second-order valence-corrected chi connectivity index (χ2v) is 10.4. The fourth-order valence-electron chi connectivity index (χ4n) is 8.53. The molecule has 1 heteroatoms. The van der Waals surface area contributed by atoms with Crippen LogP contribution in [0.25, 0.3) is 0 Å². The van der Waals surface area contributed by atoms with Crippen molar-refractivity contribution in [3.63, 3.8) is 0 Å². The van der Waals surface area contributed by atoms with Gasteiger partial charge in [0.15, 0.2) is 0 Å². The molecule has 0 radical (unpaired) electrons. The van der Waals surface area contributed by atoms with Crippen molar-refractivity contribution in [3.05, 3.63) is 34.9 Å². The summed E-state index contributed by atoms with van der Waals surface area (Å²) in [6.45, 7) is 25.8. The van der Waals surface area contributed by atoms with Crippen LogP contribution in [0.4, 0.5) is 0 Å². The molecule has 29 heavy (non-hydrogen) atoms. The van der Waals surface area contributed by atoms with Gasteiger partial charge in [0.1, 0.15) is 0 Å². The maximum atomic E-state index is 2.75. The number of aryl methyl sites for hydroxylation is 1. The van der Waals surface area contributed by atoms with Crippen LogP contribution in [-0.2, 0) is 5.41 Å². The molecule has 1 saturated heterocycles. The summed E-state index contributed by atoms with van der Waals surface area (Å²) in [7, 11) is 2.40. The Morgan fingerprint density at radius 3 is 2.10 bits per heavy atom. The maximum Gasteiger partial charge on any atom is 0.0224 e. The van der Waals surface area contributed by atoms with Gasteiger partial charge in [-0.1, -0.05) is 86.9 Å². The molecular weight excluding hydrogens is 350 g/mol. The van der Waals surface area contributed by atoms with Crippen LogP contribution in [0.2, 0.25) is 0 Å². The smallest absolute Gasteiger partial charge is 0.0224 e. The van der Waals surface area contributed by atoms with E-state index < -0.39 is 0 Å². The first-order chi connectivity index (χ1) is 13.6. The van der Waals surface area contributed by atoms with Crippen molar-refractivity contribution >= 4 is 0 Å². The Labute approximate surface area is 182 Å². The van der Waals surface area contributed by atoms with Crippen LogP contribution >= 0.6 is 0 Å². The van der Waals surface area contributed by atoms with Crippen LogP contribution in [0.3, 0.4) is 0 Å². The van der Waals surface area contributed by atoms with Crippen molar-refractivity contribution in [2.45, 2.75) is 119 Å². The molecule has 2 bridgehead atoms. The molecule has 1 nitrogen and oxygen atoms in total. The number of hydrogen-bond donors (Lipinski definition) is 0. The fraction of sp³-hybridized carbons (Fsp3) is 0.786. The van der Waals surface area contributed by atoms with Crippen molar-refractivity contribution in [2.75, 3.05) is 7.05 Å². The number of hydrogen-bond acceptors (Lipinski definition) is 1. The van der Waals surface area contributed by atoms with Gasteiger partial charge in [0.05, 0.1) is 0 Å². The molecule has 2 aliphatic carbocycles. The minimum atomic E-state index is 0.280. The lowest BCUT2D eigenvalue weighted by atomic mass is 9.33. The van der Waals surface area contributed by atoms with Gasteiger partial charge in [-0.3, -0.25) is 4.90 Å². The Bertz CT molecular complexity index is 704. The molecule has 1 aromatic rings. The number of likely N-dealkylation sites (tertiary alicyclic amines) is 1. The number of piperidine rings is 1. The van der Waals surface area contributed by atoms with Gasteiger partial charge in [0.2, 0.25) is 0 Å². The molecule has 1 aromatic carbocycles. The van der Waals surface area contributed by atoms with E-state index in [4.69, 9.17) is 0 Å². The number of nitrogens with zero attached hydrogens (tertiary/aromatic N) is 1. The lowest BCUT2D eigenvalue weighted by Gasteiger charge is -2.75. The van der Waals surface area contributed by atoms with Crippen molar-refractivity contribution in [1.29, 1.82) is 0 Å². The summed E-state index contributed by atoms with van der Waals surface area (Å²) in [5.41, 5.74) is 5.89. The van der Waals surface area contributed by atoms with E-state index in [0.717, 1.165) is 0 Å². The van der Waals surface area contributed by atoms with Gasteiger partial charge in [0, 0.05) is 17.5 Å². The van der Waals surface area contributed by atoms with Crippen molar-refractivity contribution in [1.82, 2.24) is 4.90 Å². The van der Waals surface area contributed by atoms with Crippen LogP contribution in [0, 0.1) is 23.7 Å². The van der Waals surface area contributed by atoms with Gasteiger partial charge in [-0.05, 0) is 73.1 Å². The summed E-state index contributed by atoms with van der Waals surface area (Å²) in [6.07, 6.45) is 4.11. The van der Waals surface area contributed by atoms with E-state index in [0.29, 0.717) is 34.7 Å². The lowest BCUT2D eigenvalue weighted by Crippen LogP contribution is -2.76. The average molecular weight is 400 g/mol. The summed E-state index contributed by atoms with van der Waals surface area (Å²) >= 11 is 0. The van der Waals surface area contributed by atoms with Gasteiger partial charge in [-0.25, -0.2) is 0 Å². The van der Waals surface area contributed by atoms with Gasteiger partial charge in [-0.15, -0.1) is 0 Å². The molecule has 1 saturated carbocycles. The summed E-state index contributed by atoms with van der Waals surface area (Å²) in [5, 5.41) is 0. The normalized spacial score (nSPS) is 39.7. The first kappa shape index (κ1) is 24.4. The molecule has 166 valence electrons. The second-order valence-electron chi connectivity index (χ2n) is 10.4. The SMILES string of the molecule is CC.CC.Cc1cccc2c1[C@]13C(C)C(C)N(C)[C@H](C2C)C1(C)CCCC3(C)C.